The molecule has 0 radical (unpaired) electrons. The molecule has 23 heavy (non-hydrogen) atoms. The fourth-order valence-corrected chi connectivity index (χ4v) is 1.67. The Balaban J connectivity index is 0. The molecule has 0 aliphatic rings. The highest BCUT2D eigenvalue weighted by Crippen LogP contribution is 2.14. The molecule has 5 nitrogen and oxygen atoms in total. The van der Waals surface area contributed by atoms with E-state index in [2.05, 4.69) is 0 Å². The van der Waals surface area contributed by atoms with Gasteiger partial charge in [0.05, 0.1) is 12.0 Å². The van der Waals surface area contributed by atoms with Crippen LogP contribution >= 0.6 is 0 Å². The van der Waals surface area contributed by atoms with Gasteiger partial charge < -0.3 is 9.84 Å². The molecule has 5 heteroatoms. The van der Waals surface area contributed by atoms with Crippen LogP contribution in [0.15, 0.2) is 18.2 Å². The first-order valence-corrected chi connectivity index (χ1v) is 7.88. The number of aliphatic carboxylic acids is 1. The van der Waals surface area contributed by atoms with Crippen LogP contribution in [0.3, 0.4) is 0 Å². The van der Waals surface area contributed by atoms with Crippen LogP contribution < -0.4 is 0 Å². The maximum atomic E-state index is 11.8. The zero-order chi connectivity index (χ0) is 18.4. The molecule has 1 aromatic rings. The molecular formula is C18H28O5. The zero-order valence-corrected chi connectivity index (χ0v) is 14.9. The van der Waals surface area contributed by atoms with Gasteiger partial charge in [-0.3, -0.25) is 9.59 Å². The molecule has 1 N–H and O–H groups in total. The number of carbonyl (C=O) groups excluding carboxylic acids is 2. The number of carbonyl (C=O) groups is 3. The molecule has 0 saturated carbocycles. The van der Waals surface area contributed by atoms with Crippen LogP contribution in [-0.2, 0) is 14.3 Å². The quantitative estimate of drug-likeness (QED) is 0.801. The van der Waals surface area contributed by atoms with Gasteiger partial charge in [0.25, 0.3) is 0 Å². The van der Waals surface area contributed by atoms with Gasteiger partial charge in [0.15, 0.2) is 5.78 Å². The van der Waals surface area contributed by atoms with E-state index in [-0.39, 0.29) is 19.4 Å². The number of aryl methyl sites for hydroxylation is 2. The van der Waals surface area contributed by atoms with Crippen molar-refractivity contribution in [2.24, 2.45) is 0 Å². The summed E-state index contributed by atoms with van der Waals surface area (Å²) in [5.74, 6) is -2.00. The molecule has 1 aromatic carbocycles. The minimum atomic E-state index is -1.05. The molecule has 0 saturated heterocycles. The van der Waals surface area contributed by atoms with E-state index in [0.717, 1.165) is 11.1 Å². The van der Waals surface area contributed by atoms with Crippen LogP contribution in [0.1, 0.15) is 62.0 Å². The maximum absolute atomic E-state index is 11.8. The Kier molecular flexibility index (Phi) is 13.5. The lowest BCUT2D eigenvalue weighted by molar-refractivity contribution is -0.138. The fraction of sp³-hybridized carbons (Fsp3) is 0.500. The molecule has 0 amide bonds. The van der Waals surface area contributed by atoms with Crippen molar-refractivity contribution in [2.75, 3.05) is 6.61 Å². The largest absolute Gasteiger partial charge is 0.481 e. The second-order valence-corrected chi connectivity index (χ2v) is 4.28. The van der Waals surface area contributed by atoms with E-state index in [4.69, 9.17) is 9.84 Å². The van der Waals surface area contributed by atoms with Crippen LogP contribution in [0.2, 0.25) is 0 Å². The number of hydrogen-bond donors (Lipinski definition) is 1. The van der Waals surface area contributed by atoms with Gasteiger partial charge in [0.1, 0.15) is 6.61 Å². The molecule has 130 valence electrons. The Hall–Kier alpha value is -2.17. The van der Waals surface area contributed by atoms with Crippen LogP contribution in [0.4, 0.5) is 0 Å². The number of benzene rings is 1. The van der Waals surface area contributed by atoms with E-state index in [9.17, 15) is 14.4 Å². The number of carboxylic acid groups (broad SMARTS) is 1. The normalized spacial score (nSPS) is 8.78. The number of esters is 1. The van der Waals surface area contributed by atoms with Crippen molar-refractivity contribution in [3.05, 3.63) is 34.9 Å². The Bertz CT molecular complexity index is 486. The Morgan fingerprint density at radius 2 is 1.43 bits per heavy atom. The van der Waals surface area contributed by atoms with E-state index in [1.165, 1.54) is 0 Å². The summed E-state index contributed by atoms with van der Waals surface area (Å²) >= 11 is 0. The van der Waals surface area contributed by atoms with E-state index in [0.29, 0.717) is 5.56 Å². The summed E-state index contributed by atoms with van der Waals surface area (Å²) in [6.45, 7) is 11.2. The highest BCUT2D eigenvalue weighted by molar-refractivity contribution is 5.94. The van der Waals surface area contributed by atoms with E-state index < -0.39 is 17.7 Å². The predicted octanol–water partition coefficient (Wildman–Crippen LogP) is 3.95. The van der Waals surface area contributed by atoms with Crippen molar-refractivity contribution in [2.45, 2.75) is 54.4 Å². The molecule has 0 bridgehead atoms. The fourth-order valence-electron chi connectivity index (χ4n) is 1.67. The molecule has 0 spiro atoms. The summed E-state index contributed by atoms with van der Waals surface area (Å²) in [7, 11) is 0. The zero-order valence-electron chi connectivity index (χ0n) is 14.9. The molecule has 0 aliphatic carbocycles. The second kappa shape index (κ2) is 13.5. The SMILES string of the molecule is CC.CC.Cc1cccc(C)c1C(=O)OCC(=O)CCC(=O)O. The Morgan fingerprint density at radius 1 is 0.957 bits per heavy atom. The third-order valence-electron chi connectivity index (χ3n) is 2.67. The van der Waals surface area contributed by atoms with Gasteiger partial charge in [-0.15, -0.1) is 0 Å². The summed E-state index contributed by atoms with van der Waals surface area (Å²) in [6, 6.07) is 5.41. The van der Waals surface area contributed by atoms with Gasteiger partial charge in [-0.05, 0) is 25.0 Å². The maximum Gasteiger partial charge on any atom is 0.339 e. The minimum absolute atomic E-state index is 0.130. The van der Waals surface area contributed by atoms with E-state index in [1.54, 1.807) is 26.0 Å². The second-order valence-electron chi connectivity index (χ2n) is 4.28. The number of hydrogen-bond acceptors (Lipinski definition) is 4. The third kappa shape index (κ3) is 9.45. The van der Waals surface area contributed by atoms with Crippen LogP contribution in [0.25, 0.3) is 0 Å². The standard InChI is InChI=1S/C14H16O5.2C2H6/c1-9-4-3-5-10(2)13(9)14(18)19-8-11(15)6-7-12(16)17;2*1-2/h3-5H,6-8H2,1-2H3,(H,16,17);2*1-2H3. The van der Waals surface area contributed by atoms with Crippen molar-refractivity contribution >= 4 is 17.7 Å². The third-order valence-corrected chi connectivity index (χ3v) is 2.67. The number of ketones is 1. The minimum Gasteiger partial charge on any atom is -0.481 e. The molecule has 0 unspecified atom stereocenters. The Morgan fingerprint density at radius 3 is 1.87 bits per heavy atom. The van der Waals surface area contributed by atoms with Crippen molar-refractivity contribution in [1.82, 2.24) is 0 Å². The van der Waals surface area contributed by atoms with Gasteiger partial charge in [-0.2, -0.15) is 0 Å². The van der Waals surface area contributed by atoms with Crippen molar-refractivity contribution in [1.29, 1.82) is 0 Å². The van der Waals surface area contributed by atoms with E-state index >= 15 is 0 Å². The van der Waals surface area contributed by atoms with Crippen molar-refractivity contribution < 1.29 is 24.2 Å². The lowest BCUT2D eigenvalue weighted by Gasteiger charge is -2.09. The average Bonchev–Trinajstić information content (AvgIpc) is 2.54. The molecule has 1 rings (SSSR count). The first kappa shape index (κ1) is 23.1. The van der Waals surface area contributed by atoms with Crippen LogP contribution in [0, 0.1) is 13.8 Å². The lowest BCUT2D eigenvalue weighted by atomic mass is 10.0. The summed E-state index contributed by atoms with van der Waals surface area (Å²) in [5, 5.41) is 8.43. The molecule has 0 atom stereocenters. The summed E-state index contributed by atoms with van der Waals surface area (Å²) < 4.78 is 4.90. The molecule has 0 aliphatic heterocycles. The number of rotatable bonds is 6. The average molecular weight is 324 g/mol. The lowest BCUT2D eigenvalue weighted by Crippen LogP contribution is -2.16. The predicted molar refractivity (Wildman–Crippen MR) is 90.8 cm³/mol. The smallest absolute Gasteiger partial charge is 0.339 e. The first-order valence-electron chi connectivity index (χ1n) is 7.88. The van der Waals surface area contributed by atoms with Gasteiger partial charge in [-0.1, -0.05) is 45.9 Å². The highest BCUT2D eigenvalue weighted by Gasteiger charge is 2.15. The van der Waals surface area contributed by atoms with Crippen LogP contribution in [-0.4, -0.2) is 29.4 Å². The number of ether oxygens (including phenoxy) is 1. The number of carboxylic acids is 1. The van der Waals surface area contributed by atoms with Gasteiger partial charge in [-0.25, -0.2) is 4.79 Å². The monoisotopic (exact) mass is 324 g/mol. The van der Waals surface area contributed by atoms with Gasteiger partial charge in [0.2, 0.25) is 0 Å². The van der Waals surface area contributed by atoms with Crippen LogP contribution in [0.5, 0.6) is 0 Å². The highest BCUT2D eigenvalue weighted by atomic mass is 16.5. The molecule has 0 aromatic heterocycles. The van der Waals surface area contributed by atoms with Crippen molar-refractivity contribution in [3.63, 3.8) is 0 Å². The summed E-state index contributed by atoms with van der Waals surface area (Å²) in [4.78, 5) is 33.4. The first-order chi connectivity index (χ1) is 10.9. The number of Topliss-reactive ketones (excluding diaryl/α,β-unsaturated/α-hetero) is 1. The van der Waals surface area contributed by atoms with E-state index in [1.807, 2.05) is 33.8 Å². The summed E-state index contributed by atoms with van der Waals surface area (Å²) in [6.07, 6.45) is -0.380. The summed E-state index contributed by atoms with van der Waals surface area (Å²) in [5.41, 5.74) is 2.01. The van der Waals surface area contributed by atoms with Gasteiger partial charge >= 0.3 is 11.9 Å². The Labute approximate surface area is 138 Å². The molecular weight excluding hydrogens is 296 g/mol. The topological polar surface area (TPSA) is 80.7 Å². The molecule has 0 heterocycles. The van der Waals surface area contributed by atoms with Gasteiger partial charge in [0, 0.05) is 6.42 Å². The molecule has 0 fully saturated rings. The van der Waals surface area contributed by atoms with Crippen molar-refractivity contribution in [3.8, 4) is 0 Å².